The Morgan fingerprint density at radius 3 is 2.48 bits per heavy atom. The number of phenolic OH excluding ortho intramolecular Hbond substituents is 1. The molecular formula is C20H29NO4. The summed E-state index contributed by atoms with van der Waals surface area (Å²) in [5.41, 5.74) is 1.13. The number of phenols is 1. The summed E-state index contributed by atoms with van der Waals surface area (Å²) in [6.45, 7) is 7.43. The van der Waals surface area contributed by atoms with Gasteiger partial charge in [-0.3, -0.25) is 4.79 Å². The van der Waals surface area contributed by atoms with Gasteiger partial charge in [0.05, 0.1) is 18.8 Å². The topological polar surface area (TPSA) is 59.0 Å². The first-order chi connectivity index (χ1) is 12.0. The Morgan fingerprint density at radius 2 is 1.92 bits per heavy atom. The Bertz CT molecular complexity index is 631. The van der Waals surface area contributed by atoms with Crippen LogP contribution in [0.25, 0.3) is 5.76 Å². The first-order valence-corrected chi connectivity index (χ1v) is 9.05. The van der Waals surface area contributed by atoms with Crippen LogP contribution in [0.5, 0.6) is 11.5 Å². The molecule has 1 heterocycles. The van der Waals surface area contributed by atoms with E-state index in [0.29, 0.717) is 22.6 Å². The Kier molecular flexibility index (Phi) is 6.73. The normalized spacial score (nSPS) is 15.4. The Labute approximate surface area is 150 Å². The third-order valence-corrected chi connectivity index (χ3v) is 4.21. The van der Waals surface area contributed by atoms with Crippen molar-refractivity contribution < 1.29 is 19.4 Å². The number of benzene rings is 1. The fourth-order valence-corrected chi connectivity index (χ4v) is 3.04. The maximum atomic E-state index is 13.1. The average Bonchev–Trinajstić information content (AvgIpc) is 2.61. The molecule has 2 rings (SSSR count). The van der Waals surface area contributed by atoms with Gasteiger partial charge in [-0.05, 0) is 57.7 Å². The largest absolute Gasteiger partial charge is 0.504 e. The lowest BCUT2D eigenvalue weighted by Gasteiger charge is -2.28. The van der Waals surface area contributed by atoms with Gasteiger partial charge in [0, 0.05) is 18.7 Å². The number of piperidine rings is 1. The summed E-state index contributed by atoms with van der Waals surface area (Å²) in [7, 11) is 1.50. The van der Waals surface area contributed by atoms with Crippen molar-refractivity contribution in [1.29, 1.82) is 0 Å². The van der Waals surface area contributed by atoms with Gasteiger partial charge in [0.15, 0.2) is 11.5 Å². The third kappa shape index (κ3) is 4.68. The van der Waals surface area contributed by atoms with E-state index in [4.69, 9.17) is 9.47 Å². The molecule has 1 aliphatic rings. The molecule has 0 bridgehead atoms. The highest BCUT2D eigenvalue weighted by Crippen LogP contribution is 2.35. The monoisotopic (exact) mass is 347 g/mol. The number of allylic oxidation sites excluding steroid dienone is 1. The number of rotatable bonds is 6. The van der Waals surface area contributed by atoms with Gasteiger partial charge >= 0.3 is 0 Å². The van der Waals surface area contributed by atoms with Crippen LogP contribution in [-0.2, 0) is 4.74 Å². The summed E-state index contributed by atoms with van der Waals surface area (Å²) < 4.78 is 11.2. The maximum absolute atomic E-state index is 13.1. The lowest BCUT2D eigenvalue weighted by atomic mass is 10.0. The standard InChI is InChI=1S/C20H29NO4/c1-5-9-18(25-14(2)3)15-13-19(24-4)17(22)12-16(15)20(23)21-10-7-6-8-11-21/h9,12-14,22H,5-8,10-11H2,1-4H3. The second kappa shape index (κ2) is 8.79. The van der Waals surface area contributed by atoms with Crippen LogP contribution in [0.4, 0.5) is 0 Å². The lowest BCUT2D eigenvalue weighted by Crippen LogP contribution is -2.36. The summed E-state index contributed by atoms with van der Waals surface area (Å²) in [4.78, 5) is 14.9. The number of amides is 1. The smallest absolute Gasteiger partial charge is 0.254 e. The molecule has 138 valence electrons. The van der Waals surface area contributed by atoms with E-state index in [1.54, 1.807) is 6.07 Å². The molecule has 5 nitrogen and oxygen atoms in total. The Morgan fingerprint density at radius 1 is 1.24 bits per heavy atom. The SMILES string of the molecule is CCC=C(OC(C)C)c1cc(OC)c(O)cc1C(=O)N1CCCCC1. The molecule has 5 heteroatoms. The molecule has 0 aromatic heterocycles. The fourth-order valence-electron chi connectivity index (χ4n) is 3.04. The molecule has 1 aromatic rings. The second-order valence-corrected chi connectivity index (χ2v) is 6.57. The van der Waals surface area contributed by atoms with E-state index in [0.717, 1.165) is 38.8 Å². The number of carbonyl (C=O) groups excluding carboxylic acids is 1. The number of nitrogens with zero attached hydrogens (tertiary/aromatic N) is 1. The molecule has 0 unspecified atom stereocenters. The predicted octanol–water partition coefficient (Wildman–Crippen LogP) is 4.20. The highest BCUT2D eigenvalue weighted by atomic mass is 16.5. The molecule has 0 atom stereocenters. The van der Waals surface area contributed by atoms with Gasteiger partial charge in [0.2, 0.25) is 0 Å². The fraction of sp³-hybridized carbons (Fsp3) is 0.550. The van der Waals surface area contributed by atoms with Crippen molar-refractivity contribution in [2.45, 2.75) is 52.6 Å². The van der Waals surface area contributed by atoms with Gasteiger partial charge < -0.3 is 19.5 Å². The number of aromatic hydroxyl groups is 1. The summed E-state index contributed by atoms with van der Waals surface area (Å²) in [5, 5.41) is 10.2. The Balaban J connectivity index is 2.51. The van der Waals surface area contributed by atoms with Crippen LogP contribution in [0.1, 0.15) is 62.4 Å². The van der Waals surface area contributed by atoms with Crippen molar-refractivity contribution in [2.75, 3.05) is 20.2 Å². The number of ether oxygens (including phenoxy) is 2. The molecule has 0 spiro atoms. The van der Waals surface area contributed by atoms with Crippen LogP contribution < -0.4 is 4.74 Å². The summed E-state index contributed by atoms with van der Waals surface area (Å²) in [6, 6.07) is 3.19. The molecule has 1 N–H and O–H groups in total. The first kappa shape index (κ1) is 19.2. The first-order valence-electron chi connectivity index (χ1n) is 9.05. The third-order valence-electron chi connectivity index (χ3n) is 4.21. The minimum atomic E-state index is -0.0676. The lowest BCUT2D eigenvalue weighted by molar-refractivity contribution is 0.0722. The van der Waals surface area contributed by atoms with Crippen molar-refractivity contribution >= 4 is 11.7 Å². The van der Waals surface area contributed by atoms with Crippen LogP contribution in [0.3, 0.4) is 0 Å². The minimum Gasteiger partial charge on any atom is -0.504 e. The van der Waals surface area contributed by atoms with Crippen molar-refractivity contribution in [3.63, 3.8) is 0 Å². The average molecular weight is 347 g/mol. The zero-order valence-electron chi connectivity index (χ0n) is 15.7. The summed E-state index contributed by atoms with van der Waals surface area (Å²) in [5.74, 6) is 0.879. The molecule has 0 radical (unpaired) electrons. The Hall–Kier alpha value is -2.17. The van der Waals surface area contributed by atoms with E-state index in [9.17, 15) is 9.90 Å². The number of hydrogen-bond donors (Lipinski definition) is 1. The van der Waals surface area contributed by atoms with E-state index in [2.05, 4.69) is 0 Å². The van der Waals surface area contributed by atoms with Crippen LogP contribution in [0.15, 0.2) is 18.2 Å². The molecule has 1 aliphatic heterocycles. The van der Waals surface area contributed by atoms with Crippen molar-refractivity contribution in [3.05, 3.63) is 29.3 Å². The van der Waals surface area contributed by atoms with Crippen molar-refractivity contribution in [2.24, 2.45) is 0 Å². The van der Waals surface area contributed by atoms with E-state index < -0.39 is 0 Å². The van der Waals surface area contributed by atoms with E-state index in [-0.39, 0.29) is 17.8 Å². The molecule has 1 amide bonds. The van der Waals surface area contributed by atoms with Crippen molar-refractivity contribution in [1.82, 2.24) is 4.90 Å². The number of methoxy groups -OCH3 is 1. The van der Waals surface area contributed by atoms with Gasteiger partial charge in [-0.25, -0.2) is 0 Å². The van der Waals surface area contributed by atoms with Crippen LogP contribution in [0.2, 0.25) is 0 Å². The van der Waals surface area contributed by atoms with Crippen molar-refractivity contribution in [3.8, 4) is 11.5 Å². The summed E-state index contributed by atoms with van der Waals surface area (Å²) in [6.07, 6.45) is 5.91. The van der Waals surface area contributed by atoms with Crippen LogP contribution in [0, 0.1) is 0 Å². The highest BCUT2D eigenvalue weighted by molar-refractivity contribution is 5.99. The van der Waals surface area contributed by atoms with Crippen LogP contribution in [-0.4, -0.2) is 42.2 Å². The molecule has 1 aromatic carbocycles. The molecule has 0 aliphatic carbocycles. The van der Waals surface area contributed by atoms with Gasteiger partial charge in [-0.15, -0.1) is 0 Å². The summed E-state index contributed by atoms with van der Waals surface area (Å²) >= 11 is 0. The number of hydrogen-bond acceptors (Lipinski definition) is 4. The van der Waals surface area contributed by atoms with E-state index in [1.807, 2.05) is 31.7 Å². The van der Waals surface area contributed by atoms with Gasteiger partial charge in [0.25, 0.3) is 5.91 Å². The zero-order chi connectivity index (χ0) is 18.4. The molecule has 25 heavy (non-hydrogen) atoms. The number of carbonyl (C=O) groups is 1. The maximum Gasteiger partial charge on any atom is 0.254 e. The van der Waals surface area contributed by atoms with Crippen LogP contribution >= 0.6 is 0 Å². The van der Waals surface area contributed by atoms with E-state index >= 15 is 0 Å². The van der Waals surface area contributed by atoms with E-state index in [1.165, 1.54) is 13.2 Å². The molecule has 0 saturated carbocycles. The molecule has 1 fully saturated rings. The second-order valence-electron chi connectivity index (χ2n) is 6.57. The van der Waals surface area contributed by atoms with Gasteiger partial charge in [0.1, 0.15) is 5.76 Å². The molecule has 1 saturated heterocycles. The zero-order valence-corrected chi connectivity index (χ0v) is 15.7. The highest BCUT2D eigenvalue weighted by Gasteiger charge is 2.25. The predicted molar refractivity (Wildman–Crippen MR) is 98.9 cm³/mol. The minimum absolute atomic E-state index is 0.0180. The molecular weight excluding hydrogens is 318 g/mol. The van der Waals surface area contributed by atoms with Gasteiger partial charge in [-0.1, -0.05) is 6.92 Å². The quantitative estimate of drug-likeness (QED) is 0.784. The number of likely N-dealkylation sites (tertiary alicyclic amines) is 1. The van der Waals surface area contributed by atoms with Gasteiger partial charge in [-0.2, -0.15) is 0 Å².